The van der Waals surface area contributed by atoms with E-state index in [4.69, 9.17) is 0 Å². The molecule has 0 aliphatic heterocycles. The molecule has 2 nitrogen and oxygen atoms in total. The molecule has 0 amide bonds. The Kier molecular flexibility index (Phi) is 3.13. The van der Waals surface area contributed by atoms with Crippen LogP contribution in [0.3, 0.4) is 0 Å². The third-order valence-electron chi connectivity index (χ3n) is 4.07. The summed E-state index contributed by atoms with van der Waals surface area (Å²) in [5.41, 5.74) is 4.54. The van der Waals surface area contributed by atoms with Crippen LogP contribution in [0.15, 0.2) is 30.5 Å². The number of hydrogen-bond donors (Lipinski definition) is 0. The molecule has 0 saturated heterocycles. The van der Waals surface area contributed by atoms with E-state index in [1.807, 2.05) is 19.9 Å². The monoisotopic (exact) mass is 269 g/mol. The molecule has 0 unspecified atom stereocenters. The SMILES string of the molecule is Cc1ccc(F)cc1[C@H]1CC(=O)c2c(C)ccnc2C1. The Hall–Kier alpha value is -2.03. The minimum Gasteiger partial charge on any atom is -0.294 e. The van der Waals surface area contributed by atoms with Crippen LogP contribution in [-0.2, 0) is 6.42 Å². The van der Waals surface area contributed by atoms with Crippen LogP contribution in [0.25, 0.3) is 0 Å². The topological polar surface area (TPSA) is 30.0 Å². The molecule has 0 spiro atoms. The Balaban J connectivity index is 2.04. The number of nitrogens with zero attached hydrogens (tertiary/aromatic N) is 1. The second-order valence-electron chi connectivity index (χ2n) is 5.48. The van der Waals surface area contributed by atoms with Crippen molar-refractivity contribution in [3.8, 4) is 0 Å². The lowest BCUT2D eigenvalue weighted by Gasteiger charge is -2.25. The van der Waals surface area contributed by atoms with Crippen molar-refractivity contribution in [2.45, 2.75) is 32.6 Å². The number of Topliss-reactive ketones (excluding diaryl/α,β-unsaturated/α-hetero) is 1. The van der Waals surface area contributed by atoms with E-state index < -0.39 is 0 Å². The number of ketones is 1. The maximum atomic E-state index is 13.5. The minimum atomic E-state index is -0.249. The molecule has 0 fully saturated rings. The van der Waals surface area contributed by atoms with Gasteiger partial charge in [-0.2, -0.15) is 0 Å². The molecule has 20 heavy (non-hydrogen) atoms. The van der Waals surface area contributed by atoms with Crippen LogP contribution >= 0.6 is 0 Å². The Labute approximate surface area is 117 Å². The van der Waals surface area contributed by atoms with E-state index in [9.17, 15) is 9.18 Å². The van der Waals surface area contributed by atoms with E-state index >= 15 is 0 Å². The normalized spacial score (nSPS) is 17.9. The van der Waals surface area contributed by atoms with Crippen molar-refractivity contribution < 1.29 is 9.18 Å². The molecule has 1 atom stereocenters. The second-order valence-corrected chi connectivity index (χ2v) is 5.48. The lowest BCUT2D eigenvalue weighted by atomic mass is 9.79. The zero-order valence-corrected chi connectivity index (χ0v) is 11.6. The van der Waals surface area contributed by atoms with Crippen molar-refractivity contribution in [3.63, 3.8) is 0 Å². The first-order valence-corrected chi connectivity index (χ1v) is 6.80. The van der Waals surface area contributed by atoms with E-state index in [1.54, 1.807) is 18.3 Å². The largest absolute Gasteiger partial charge is 0.294 e. The van der Waals surface area contributed by atoms with Gasteiger partial charge in [0, 0.05) is 18.2 Å². The summed E-state index contributed by atoms with van der Waals surface area (Å²) in [4.78, 5) is 16.7. The molecule has 0 radical (unpaired) electrons. The van der Waals surface area contributed by atoms with Gasteiger partial charge in [-0.15, -0.1) is 0 Å². The van der Waals surface area contributed by atoms with Crippen molar-refractivity contribution in [2.75, 3.05) is 0 Å². The molecule has 1 aromatic carbocycles. The summed E-state index contributed by atoms with van der Waals surface area (Å²) in [5, 5.41) is 0. The van der Waals surface area contributed by atoms with Gasteiger partial charge < -0.3 is 0 Å². The molecule has 1 aromatic heterocycles. The molecule has 1 heterocycles. The first-order chi connectivity index (χ1) is 9.56. The Morgan fingerprint density at radius 3 is 2.75 bits per heavy atom. The number of fused-ring (bicyclic) bond motifs is 1. The molecule has 3 heteroatoms. The van der Waals surface area contributed by atoms with Gasteiger partial charge in [-0.25, -0.2) is 4.39 Å². The van der Waals surface area contributed by atoms with Gasteiger partial charge in [0.2, 0.25) is 0 Å². The van der Waals surface area contributed by atoms with Gasteiger partial charge in [-0.1, -0.05) is 6.07 Å². The van der Waals surface area contributed by atoms with Crippen LogP contribution in [0.4, 0.5) is 4.39 Å². The molecule has 3 rings (SSSR count). The van der Waals surface area contributed by atoms with Crippen LogP contribution in [0, 0.1) is 19.7 Å². The van der Waals surface area contributed by atoms with Gasteiger partial charge in [0.25, 0.3) is 0 Å². The summed E-state index contributed by atoms with van der Waals surface area (Å²) >= 11 is 0. The number of halogens is 1. The maximum Gasteiger partial charge on any atom is 0.165 e. The predicted octanol–water partition coefficient (Wildman–Crippen LogP) is 3.75. The fourth-order valence-corrected chi connectivity index (χ4v) is 3.05. The highest BCUT2D eigenvalue weighted by molar-refractivity contribution is 6.00. The Morgan fingerprint density at radius 2 is 1.95 bits per heavy atom. The fourth-order valence-electron chi connectivity index (χ4n) is 3.05. The number of aryl methyl sites for hydroxylation is 2. The van der Waals surface area contributed by atoms with E-state index in [0.717, 1.165) is 27.9 Å². The highest BCUT2D eigenvalue weighted by atomic mass is 19.1. The van der Waals surface area contributed by atoms with Crippen LogP contribution < -0.4 is 0 Å². The third kappa shape index (κ3) is 2.13. The standard InChI is InChI=1S/C17H16FNO/c1-10-3-4-13(18)9-14(10)12-7-15-17(16(20)8-12)11(2)5-6-19-15/h3-6,9,12H,7-8H2,1-2H3/t12-/m1/s1. The van der Waals surface area contributed by atoms with Gasteiger partial charge in [0.15, 0.2) is 5.78 Å². The Bertz CT molecular complexity index is 693. The zero-order valence-electron chi connectivity index (χ0n) is 11.6. The van der Waals surface area contributed by atoms with Gasteiger partial charge in [0.05, 0.1) is 5.69 Å². The summed E-state index contributed by atoms with van der Waals surface area (Å²) in [7, 11) is 0. The summed E-state index contributed by atoms with van der Waals surface area (Å²) in [6.07, 6.45) is 2.87. The van der Waals surface area contributed by atoms with Gasteiger partial charge in [0.1, 0.15) is 5.82 Å². The Morgan fingerprint density at radius 1 is 1.15 bits per heavy atom. The average Bonchev–Trinajstić information content (AvgIpc) is 2.41. The number of rotatable bonds is 1. The maximum absolute atomic E-state index is 13.5. The van der Waals surface area contributed by atoms with E-state index in [0.29, 0.717) is 12.8 Å². The fraction of sp³-hybridized carbons (Fsp3) is 0.294. The number of pyridine rings is 1. The molecule has 102 valence electrons. The predicted molar refractivity (Wildman–Crippen MR) is 75.5 cm³/mol. The van der Waals surface area contributed by atoms with Crippen molar-refractivity contribution in [1.29, 1.82) is 0 Å². The van der Waals surface area contributed by atoms with Gasteiger partial charge in [-0.05, 0) is 61.1 Å². The van der Waals surface area contributed by atoms with Crippen molar-refractivity contribution in [3.05, 3.63) is 64.2 Å². The molecule has 1 aliphatic rings. The number of aromatic nitrogens is 1. The molecule has 0 saturated carbocycles. The van der Waals surface area contributed by atoms with E-state index in [1.165, 1.54) is 6.07 Å². The number of carbonyl (C=O) groups is 1. The quantitative estimate of drug-likeness (QED) is 0.789. The van der Waals surface area contributed by atoms with Crippen molar-refractivity contribution in [2.24, 2.45) is 0 Å². The summed E-state index contributed by atoms with van der Waals surface area (Å²) in [5.74, 6) is -0.105. The smallest absolute Gasteiger partial charge is 0.165 e. The number of carbonyl (C=O) groups excluding carboxylic acids is 1. The average molecular weight is 269 g/mol. The van der Waals surface area contributed by atoms with Crippen LogP contribution in [0.5, 0.6) is 0 Å². The van der Waals surface area contributed by atoms with Gasteiger partial charge in [-0.3, -0.25) is 9.78 Å². The summed E-state index contributed by atoms with van der Waals surface area (Å²) < 4.78 is 13.5. The molecule has 0 bridgehead atoms. The lowest BCUT2D eigenvalue weighted by Crippen LogP contribution is -2.21. The molecule has 0 N–H and O–H groups in total. The third-order valence-corrected chi connectivity index (χ3v) is 4.07. The first-order valence-electron chi connectivity index (χ1n) is 6.80. The summed E-state index contributed by atoms with van der Waals surface area (Å²) in [6.45, 7) is 3.89. The summed E-state index contributed by atoms with van der Waals surface area (Å²) in [6, 6.07) is 6.65. The van der Waals surface area contributed by atoms with Gasteiger partial charge >= 0.3 is 0 Å². The minimum absolute atomic E-state index is 0.0278. The van der Waals surface area contributed by atoms with E-state index in [2.05, 4.69) is 4.98 Å². The molecule has 1 aliphatic carbocycles. The number of hydrogen-bond acceptors (Lipinski definition) is 2. The van der Waals surface area contributed by atoms with Crippen LogP contribution in [0.1, 0.15) is 45.1 Å². The van der Waals surface area contributed by atoms with E-state index in [-0.39, 0.29) is 17.5 Å². The molecule has 2 aromatic rings. The highest BCUT2D eigenvalue weighted by Crippen LogP contribution is 2.34. The highest BCUT2D eigenvalue weighted by Gasteiger charge is 2.29. The molecular weight excluding hydrogens is 253 g/mol. The van der Waals surface area contributed by atoms with Crippen molar-refractivity contribution >= 4 is 5.78 Å². The van der Waals surface area contributed by atoms with Crippen LogP contribution in [0.2, 0.25) is 0 Å². The number of benzene rings is 1. The zero-order chi connectivity index (χ0) is 14.3. The van der Waals surface area contributed by atoms with Crippen molar-refractivity contribution in [1.82, 2.24) is 4.98 Å². The second kappa shape index (κ2) is 4.82. The lowest BCUT2D eigenvalue weighted by molar-refractivity contribution is 0.0962. The first kappa shape index (κ1) is 13.0. The molecular formula is C17H16FNO. The van der Waals surface area contributed by atoms with Crippen LogP contribution in [-0.4, -0.2) is 10.8 Å².